The number of nitrogens with zero attached hydrogens (tertiary/aromatic N) is 2. The highest BCUT2D eigenvalue weighted by Gasteiger charge is 2.50. The van der Waals surface area contributed by atoms with E-state index in [0.29, 0.717) is 19.1 Å². The van der Waals surface area contributed by atoms with Crippen molar-refractivity contribution in [3.8, 4) is 0 Å². The van der Waals surface area contributed by atoms with Gasteiger partial charge in [-0.1, -0.05) is 30.7 Å². The summed E-state index contributed by atoms with van der Waals surface area (Å²) in [6, 6.07) is 13.8. The van der Waals surface area contributed by atoms with E-state index >= 15 is 0 Å². The Kier molecular flexibility index (Phi) is 4.77. The van der Waals surface area contributed by atoms with Crippen molar-refractivity contribution < 1.29 is 9.53 Å². The Morgan fingerprint density at radius 1 is 1.27 bits per heavy atom. The quantitative estimate of drug-likeness (QED) is 0.822. The third-order valence-corrected chi connectivity index (χ3v) is 6.07. The summed E-state index contributed by atoms with van der Waals surface area (Å²) in [5.74, 6) is 0.723. The van der Waals surface area contributed by atoms with Crippen molar-refractivity contribution in [3.05, 3.63) is 65.5 Å². The first kappa shape index (κ1) is 17.2. The first-order valence-corrected chi connectivity index (χ1v) is 9.50. The van der Waals surface area contributed by atoms with Crippen molar-refractivity contribution in [3.63, 3.8) is 0 Å². The van der Waals surface area contributed by atoms with Gasteiger partial charge < -0.3 is 9.64 Å². The first-order chi connectivity index (χ1) is 12.7. The second kappa shape index (κ2) is 7.20. The van der Waals surface area contributed by atoms with Crippen molar-refractivity contribution in [2.75, 3.05) is 19.7 Å². The van der Waals surface area contributed by atoms with E-state index < -0.39 is 0 Å². The number of fused-ring (bicyclic) bond motifs is 1. The zero-order chi connectivity index (χ0) is 18.0. The predicted octanol–water partition coefficient (Wildman–Crippen LogP) is 3.85. The molecule has 0 N–H and O–H groups in total. The maximum Gasteiger partial charge on any atom is 0.254 e. The Labute approximate surface area is 155 Å². The minimum absolute atomic E-state index is 0.118. The van der Waals surface area contributed by atoms with Crippen molar-refractivity contribution >= 4 is 5.91 Å². The molecule has 1 amide bonds. The van der Waals surface area contributed by atoms with E-state index in [0.717, 1.165) is 36.3 Å². The maximum atomic E-state index is 13.0. The van der Waals surface area contributed by atoms with E-state index in [-0.39, 0.29) is 11.3 Å². The molecule has 2 fully saturated rings. The van der Waals surface area contributed by atoms with E-state index in [9.17, 15) is 4.79 Å². The summed E-state index contributed by atoms with van der Waals surface area (Å²) in [6.07, 6.45) is 5.39. The molecular formula is C22H26N2O2. The predicted molar refractivity (Wildman–Crippen MR) is 101 cm³/mol. The minimum Gasteiger partial charge on any atom is -0.375 e. The Morgan fingerprint density at radius 2 is 2.12 bits per heavy atom. The van der Waals surface area contributed by atoms with Crippen LogP contribution in [-0.4, -0.2) is 35.5 Å². The van der Waals surface area contributed by atoms with Crippen LogP contribution >= 0.6 is 0 Å². The fourth-order valence-electron chi connectivity index (χ4n) is 4.63. The number of ether oxygens (including phenoxy) is 1. The van der Waals surface area contributed by atoms with Crippen LogP contribution in [0.2, 0.25) is 0 Å². The molecule has 2 atom stereocenters. The molecule has 2 heterocycles. The van der Waals surface area contributed by atoms with Gasteiger partial charge in [-0.05, 0) is 49.4 Å². The van der Waals surface area contributed by atoms with Gasteiger partial charge in [-0.3, -0.25) is 9.78 Å². The monoisotopic (exact) mass is 350 g/mol. The molecule has 1 aliphatic heterocycles. The van der Waals surface area contributed by atoms with Gasteiger partial charge in [-0.15, -0.1) is 0 Å². The van der Waals surface area contributed by atoms with E-state index in [1.807, 2.05) is 49.4 Å². The number of amides is 1. The number of likely N-dealkylation sites (tertiary alicyclic amines) is 1. The molecule has 0 spiro atoms. The lowest BCUT2D eigenvalue weighted by molar-refractivity contribution is 0.0252. The third kappa shape index (κ3) is 3.26. The zero-order valence-corrected chi connectivity index (χ0v) is 15.4. The van der Waals surface area contributed by atoms with Crippen LogP contribution in [0.1, 0.15) is 40.9 Å². The van der Waals surface area contributed by atoms with Gasteiger partial charge in [-0.25, -0.2) is 0 Å². The third-order valence-electron chi connectivity index (χ3n) is 6.07. The van der Waals surface area contributed by atoms with Crippen LogP contribution in [0.25, 0.3) is 0 Å². The molecule has 1 saturated carbocycles. The number of aromatic nitrogens is 1. The van der Waals surface area contributed by atoms with Crippen molar-refractivity contribution in [2.24, 2.45) is 11.3 Å². The molecule has 1 saturated heterocycles. The molecule has 1 aromatic heterocycles. The van der Waals surface area contributed by atoms with E-state index in [1.54, 1.807) is 6.20 Å². The summed E-state index contributed by atoms with van der Waals surface area (Å²) in [6.45, 7) is 4.94. The van der Waals surface area contributed by atoms with Gasteiger partial charge in [0.05, 0.1) is 18.9 Å². The van der Waals surface area contributed by atoms with Gasteiger partial charge in [0.2, 0.25) is 0 Å². The summed E-state index contributed by atoms with van der Waals surface area (Å²) in [4.78, 5) is 19.4. The van der Waals surface area contributed by atoms with Crippen LogP contribution in [0.5, 0.6) is 0 Å². The van der Waals surface area contributed by atoms with Crippen LogP contribution in [0, 0.1) is 18.3 Å². The summed E-state index contributed by atoms with van der Waals surface area (Å²) >= 11 is 0. The molecular weight excluding hydrogens is 324 g/mol. The van der Waals surface area contributed by atoms with Gasteiger partial charge in [0, 0.05) is 30.3 Å². The number of pyridine rings is 1. The molecule has 0 bridgehead atoms. The minimum atomic E-state index is 0.118. The van der Waals surface area contributed by atoms with Gasteiger partial charge in [0.15, 0.2) is 0 Å². The number of hydrogen-bond donors (Lipinski definition) is 0. The van der Waals surface area contributed by atoms with Crippen LogP contribution in [0.3, 0.4) is 0 Å². The largest absolute Gasteiger partial charge is 0.375 e. The van der Waals surface area contributed by atoms with Crippen LogP contribution in [-0.2, 0) is 11.3 Å². The number of carbonyl (C=O) groups is 1. The molecule has 1 aliphatic carbocycles. The highest BCUT2D eigenvalue weighted by atomic mass is 16.5. The number of hydrogen-bond acceptors (Lipinski definition) is 3. The van der Waals surface area contributed by atoms with Crippen LogP contribution < -0.4 is 0 Å². The second-order valence-electron chi connectivity index (χ2n) is 7.77. The van der Waals surface area contributed by atoms with E-state index in [4.69, 9.17) is 4.74 Å². The SMILES string of the molecule is Cc1ccccc1C(=O)N1C[C@@H]2CCC[C@]2(COCc2ccccn2)C1. The normalized spacial score (nSPS) is 24.7. The Morgan fingerprint density at radius 3 is 2.92 bits per heavy atom. The Balaban J connectivity index is 1.43. The molecule has 2 aromatic rings. The lowest BCUT2D eigenvalue weighted by atomic mass is 9.81. The van der Waals surface area contributed by atoms with Gasteiger partial charge in [-0.2, -0.15) is 0 Å². The average molecular weight is 350 g/mol. The summed E-state index contributed by atoms with van der Waals surface area (Å²) in [5.41, 5.74) is 2.96. The first-order valence-electron chi connectivity index (χ1n) is 9.50. The van der Waals surface area contributed by atoms with E-state index in [2.05, 4.69) is 9.88 Å². The van der Waals surface area contributed by atoms with Gasteiger partial charge in [0.25, 0.3) is 5.91 Å². The second-order valence-corrected chi connectivity index (χ2v) is 7.77. The summed E-state index contributed by atoms with van der Waals surface area (Å²) < 4.78 is 6.07. The fraction of sp³-hybridized carbons (Fsp3) is 0.455. The fourth-order valence-corrected chi connectivity index (χ4v) is 4.63. The standard InChI is InChI=1S/C22H26N2O2/c1-17-7-2-3-10-20(17)21(25)24-13-18-8-6-11-22(18,15-24)16-26-14-19-9-4-5-12-23-19/h2-5,7,9-10,12,18H,6,8,11,13-16H2,1H3/t18-,22+/m0/s1. The molecule has 4 nitrogen and oxygen atoms in total. The lowest BCUT2D eigenvalue weighted by Crippen LogP contribution is -2.35. The van der Waals surface area contributed by atoms with Crippen LogP contribution in [0.4, 0.5) is 0 Å². The van der Waals surface area contributed by atoms with Crippen LogP contribution in [0.15, 0.2) is 48.7 Å². The number of aryl methyl sites for hydroxylation is 1. The van der Waals surface area contributed by atoms with Gasteiger partial charge in [0.1, 0.15) is 0 Å². The topological polar surface area (TPSA) is 42.4 Å². The molecule has 1 aromatic carbocycles. The molecule has 136 valence electrons. The Bertz CT molecular complexity index is 777. The number of rotatable bonds is 5. The average Bonchev–Trinajstić information content (AvgIpc) is 3.20. The summed E-state index contributed by atoms with van der Waals surface area (Å²) in [7, 11) is 0. The lowest BCUT2D eigenvalue weighted by Gasteiger charge is -2.28. The molecule has 4 rings (SSSR count). The molecule has 4 heteroatoms. The molecule has 26 heavy (non-hydrogen) atoms. The maximum absolute atomic E-state index is 13.0. The van der Waals surface area contributed by atoms with Crippen molar-refractivity contribution in [1.82, 2.24) is 9.88 Å². The van der Waals surface area contributed by atoms with Crippen molar-refractivity contribution in [1.29, 1.82) is 0 Å². The van der Waals surface area contributed by atoms with Crippen molar-refractivity contribution in [2.45, 2.75) is 32.8 Å². The summed E-state index contributed by atoms with van der Waals surface area (Å²) in [5, 5.41) is 0. The van der Waals surface area contributed by atoms with Gasteiger partial charge >= 0.3 is 0 Å². The Hall–Kier alpha value is -2.20. The van der Waals surface area contributed by atoms with E-state index in [1.165, 1.54) is 12.8 Å². The number of carbonyl (C=O) groups excluding carboxylic acids is 1. The zero-order valence-electron chi connectivity index (χ0n) is 15.4. The smallest absolute Gasteiger partial charge is 0.254 e. The molecule has 2 aliphatic rings. The highest BCUT2D eigenvalue weighted by molar-refractivity contribution is 5.95. The molecule has 0 radical (unpaired) electrons. The highest BCUT2D eigenvalue weighted by Crippen LogP contribution is 2.49. The molecule has 0 unspecified atom stereocenters. The number of benzene rings is 1.